The molecular weight excluding hydrogens is 180 g/mol. The van der Waals surface area contributed by atoms with E-state index in [1.54, 1.807) is 6.92 Å². The molecule has 6 heteroatoms. The molecule has 1 aromatic rings. The molecular formula is C7H9F2N3O. The van der Waals surface area contributed by atoms with Crippen molar-refractivity contribution in [1.29, 1.82) is 0 Å². The molecule has 72 valence electrons. The van der Waals surface area contributed by atoms with Crippen LogP contribution in [-0.4, -0.2) is 22.6 Å². The number of halogens is 2. The van der Waals surface area contributed by atoms with Gasteiger partial charge in [-0.2, -0.15) is 4.98 Å². The zero-order valence-electron chi connectivity index (χ0n) is 7.05. The first-order valence-corrected chi connectivity index (χ1v) is 3.98. The Bertz CT molecular complexity index is 312. The molecule has 0 aliphatic carbocycles. The number of aryl methyl sites for hydroxylation is 1. The van der Waals surface area contributed by atoms with E-state index in [9.17, 15) is 8.78 Å². The summed E-state index contributed by atoms with van der Waals surface area (Å²) in [7, 11) is 0. The molecule has 1 fully saturated rings. The second kappa shape index (κ2) is 2.73. The number of hydrogen-bond acceptors (Lipinski definition) is 4. The number of aromatic nitrogens is 2. The van der Waals surface area contributed by atoms with Crippen LogP contribution in [0.15, 0.2) is 4.52 Å². The van der Waals surface area contributed by atoms with Crippen LogP contribution in [0.3, 0.4) is 0 Å². The van der Waals surface area contributed by atoms with Gasteiger partial charge in [0.05, 0.1) is 12.6 Å². The smallest absolute Gasteiger partial charge is 0.262 e. The van der Waals surface area contributed by atoms with Crippen LogP contribution in [0.5, 0.6) is 0 Å². The fraction of sp³-hybridized carbons (Fsp3) is 0.714. The Morgan fingerprint density at radius 3 is 2.85 bits per heavy atom. The van der Waals surface area contributed by atoms with Gasteiger partial charge >= 0.3 is 0 Å². The second-order valence-corrected chi connectivity index (χ2v) is 3.17. The third-order valence-corrected chi connectivity index (χ3v) is 1.96. The van der Waals surface area contributed by atoms with Crippen LogP contribution in [0.4, 0.5) is 8.78 Å². The molecule has 0 spiro atoms. The molecule has 2 rings (SSSR count). The first-order valence-electron chi connectivity index (χ1n) is 3.98. The van der Waals surface area contributed by atoms with Gasteiger partial charge in [0.1, 0.15) is 0 Å². The summed E-state index contributed by atoms with van der Waals surface area (Å²) in [6.45, 7) is 1.31. The molecule has 1 unspecified atom stereocenters. The molecule has 0 saturated carbocycles. The van der Waals surface area contributed by atoms with Crippen molar-refractivity contribution in [1.82, 2.24) is 15.5 Å². The summed E-state index contributed by atoms with van der Waals surface area (Å²) in [5, 5.41) is 6.22. The second-order valence-electron chi connectivity index (χ2n) is 3.17. The summed E-state index contributed by atoms with van der Waals surface area (Å²) in [5.41, 5.74) is 0. The molecule has 4 nitrogen and oxygen atoms in total. The summed E-state index contributed by atoms with van der Waals surface area (Å²) in [5.74, 6) is -1.94. The fourth-order valence-electron chi connectivity index (χ4n) is 1.35. The Morgan fingerprint density at radius 2 is 2.38 bits per heavy atom. The van der Waals surface area contributed by atoms with Crippen molar-refractivity contribution in [3.63, 3.8) is 0 Å². The van der Waals surface area contributed by atoms with Gasteiger partial charge in [0, 0.05) is 13.3 Å². The van der Waals surface area contributed by atoms with Gasteiger partial charge in [0.15, 0.2) is 5.82 Å². The van der Waals surface area contributed by atoms with Gasteiger partial charge in [-0.1, -0.05) is 5.16 Å². The molecule has 0 aromatic carbocycles. The molecule has 0 amide bonds. The van der Waals surface area contributed by atoms with Crippen LogP contribution in [-0.2, 0) is 0 Å². The maximum Gasteiger partial charge on any atom is 0.262 e. The van der Waals surface area contributed by atoms with E-state index < -0.39 is 12.0 Å². The highest BCUT2D eigenvalue weighted by molar-refractivity contribution is 5.00. The quantitative estimate of drug-likeness (QED) is 0.717. The maximum atomic E-state index is 12.7. The third kappa shape index (κ3) is 1.67. The monoisotopic (exact) mass is 189 g/mol. The van der Waals surface area contributed by atoms with Gasteiger partial charge in [-0.05, 0) is 0 Å². The van der Waals surface area contributed by atoms with Crippen molar-refractivity contribution < 1.29 is 13.3 Å². The normalized spacial score (nSPS) is 26.5. The van der Waals surface area contributed by atoms with E-state index in [1.807, 2.05) is 0 Å². The summed E-state index contributed by atoms with van der Waals surface area (Å²) in [6, 6.07) is -0.479. The average Bonchev–Trinajstić information content (AvgIpc) is 2.56. The summed E-state index contributed by atoms with van der Waals surface area (Å²) >= 11 is 0. The highest BCUT2D eigenvalue weighted by Gasteiger charge is 2.41. The number of rotatable bonds is 1. The number of nitrogens with zero attached hydrogens (tertiary/aromatic N) is 2. The maximum absolute atomic E-state index is 12.7. The Kier molecular flexibility index (Phi) is 1.80. The van der Waals surface area contributed by atoms with Gasteiger partial charge in [0.25, 0.3) is 5.92 Å². The van der Waals surface area contributed by atoms with Crippen LogP contribution in [0, 0.1) is 6.92 Å². The van der Waals surface area contributed by atoms with E-state index >= 15 is 0 Å². The number of hydrogen-bond donors (Lipinski definition) is 1. The topological polar surface area (TPSA) is 51.0 Å². The van der Waals surface area contributed by atoms with Crippen molar-refractivity contribution in [2.45, 2.75) is 25.3 Å². The molecule has 1 saturated heterocycles. The average molecular weight is 189 g/mol. The lowest BCUT2D eigenvalue weighted by molar-refractivity contribution is 0.0207. The van der Waals surface area contributed by atoms with Gasteiger partial charge in [-0.3, -0.25) is 0 Å². The van der Waals surface area contributed by atoms with Crippen LogP contribution < -0.4 is 5.32 Å². The minimum Gasteiger partial charge on any atom is -0.340 e. The molecule has 1 aliphatic heterocycles. The SMILES string of the molecule is Cc1nc(C2CC(F)(F)CN2)no1. The van der Waals surface area contributed by atoms with Crippen LogP contribution in [0.25, 0.3) is 0 Å². The minimum absolute atomic E-state index is 0.258. The fourth-order valence-corrected chi connectivity index (χ4v) is 1.35. The zero-order valence-corrected chi connectivity index (χ0v) is 7.05. The minimum atomic E-state index is -2.65. The lowest BCUT2D eigenvalue weighted by Crippen LogP contribution is -2.19. The van der Waals surface area contributed by atoms with Crippen molar-refractivity contribution in [2.75, 3.05) is 6.54 Å². The molecule has 0 bridgehead atoms. The van der Waals surface area contributed by atoms with Gasteiger partial charge in [-0.15, -0.1) is 0 Å². The van der Waals surface area contributed by atoms with Gasteiger partial charge < -0.3 is 9.84 Å². The highest BCUT2D eigenvalue weighted by atomic mass is 19.3. The predicted molar refractivity (Wildman–Crippen MR) is 39.3 cm³/mol. The van der Waals surface area contributed by atoms with E-state index in [0.29, 0.717) is 11.7 Å². The lowest BCUT2D eigenvalue weighted by atomic mass is 10.2. The molecule has 1 atom stereocenters. The number of nitrogens with one attached hydrogen (secondary N) is 1. The molecule has 0 radical (unpaired) electrons. The Morgan fingerprint density at radius 1 is 1.62 bits per heavy atom. The molecule has 1 N–H and O–H groups in total. The first-order chi connectivity index (χ1) is 6.07. The Hall–Kier alpha value is -1.04. The first kappa shape index (κ1) is 8.55. The largest absolute Gasteiger partial charge is 0.340 e. The van der Waals surface area contributed by atoms with Gasteiger partial charge in [0.2, 0.25) is 5.89 Å². The standard InChI is InChI=1S/C7H9F2N3O/c1-4-11-6(12-13-4)5-2-7(8,9)3-10-5/h5,10H,2-3H2,1H3. The number of alkyl halides is 2. The van der Waals surface area contributed by atoms with E-state index in [0.717, 1.165) is 0 Å². The molecule has 2 heterocycles. The van der Waals surface area contributed by atoms with Crippen molar-refractivity contribution in [2.24, 2.45) is 0 Å². The van der Waals surface area contributed by atoms with Crippen LogP contribution in [0.1, 0.15) is 24.2 Å². The van der Waals surface area contributed by atoms with Crippen LogP contribution >= 0.6 is 0 Å². The molecule has 1 aromatic heterocycles. The van der Waals surface area contributed by atoms with Crippen molar-refractivity contribution in [3.05, 3.63) is 11.7 Å². The van der Waals surface area contributed by atoms with E-state index in [4.69, 9.17) is 4.52 Å². The van der Waals surface area contributed by atoms with Crippen LogP contribution in [0.2, 0.25) is 0 Å². The third-order valence-electron chi connectivity index (χ3n) is 1.96. The lowest BCUT2D eigenvalue weighted by Gasteiger charge is -2.04. The predicted octanol–water partition coefficient (Wildman–Crippen LogP) is 1.05. The Balaban J connectivity index is 2.12. The summed E-state index contributed by atoms with van der Waals surface area (Å²) < 4.78 is 30.2. The van der Waals surface area contributed by atoms with E-state index in [-0.39, 0.29) is 13.0 Å². The van der Waals surface area contributed by atoms with E-state index in [1.165, 1.54) is 0 Å². The zero-order chi connectivity index (χ0) is 9.47. The van der Waals surface area contributed by atoms with Gasteiger partial charge in [-0.25, -0.2) is 8.78 Å². The van der Waals surface area contributed by atoms with Crippen molar-refractivity contribution >= 4 is 0 Å². The highest BCUT2D eigenvalue weighted by Crippen LogP contribution is 2.32. The Labute approximate surface area is 73.3 Å². The molecule has 1 aliphatic rings. The summed E-state index contributed by atoms with van der Waals surface area (Å²) in [6.07, 6.45) is -0.258. The van der Waals surface area contributed by atoms with Crippen molar-refractivity contribution in [3.8, 4) is 0 Å². The summed E-state index contributed by atoms with van der Waals surface area (Å²) in [4.78, 5) is 3.88. The molecule has 13 heavy (non-hydrogen) atoms. The van der Waals surface area contributed by atoms with E-state index in [2.05, 4.69) is 15.5 Å².